The molecule has 0 unspecified atom stereocenters. The van der Waals surface area contributed by atoms with Crippen molar-refractivity contribution in [3.8, 4) is 0 Å². The van der Waals surface area contributed by atoms with Gasteiger partial charge in [0.15, 0.2) is 0 Å². The van der Waals surface area contributed by atoms with Crippen molar-refractivity contribution in [3.05, 3.63) is 32.2 Å². The fourth-order valence-corrected chi connectivity index (χ4v) is 1.90. The van der Waals surface area contributed by atoms with Crippen LogP contribution in [0.4, 0.5) is 8.78 Å². The number of benzene rings is 1. The first-order chi connectivity index (χ1) is 6.07. The molecule has 0 saturated carbocycles. The summed E-state index contributed by atoms with van der Waals surface area (Å²) in [5.74, 6) is -1.21. The molecule has 1 rings (SSSR count). The van der Waals surface area contributed by atoms with E-state index in [0.29, 0.717) is 23.0 Å². The molecule has 72 valence electrons. The lowest BCUT2D eigenvalue weighted by molar-refractivity contribution is 0.559. The summed E-state index contributed by atoms with van der Waals surface area (Å²) in [6.45, 7) is 0.327. The second kappa shape index (κ2) is 4.48. The molecule has 0 aliphatic heterocycles. The number of halogens is 4. The molecule has 5 heteroatoms. The van der Waals surface area contributed by atoms with E-state index in [4.69, 9.17) is 5.73 Å². The molecule has 2 N–H and O–H groups in total. The molecule has 1 aromatic carbocycles. The zero-order valence-electron chi connectivity index (χ0n) is 6.58. The Bertz CT molecular complexity index is 328. The van der Waals surface area contributed by atoms with Gasteiger partial charge in [0.2, 0.25) is 0 Å². The van der Waals surface area contributed by atoms with Crippen molar-refractivity contribution in [1.82, 2.24) is 0 Å². The third-order valence-corrected chi connectivity index (χ3v) is 3.04. The Kier molecular flexibility index (Phi) is 3.82. The van der Waals surface area contributed by atoms with Gasteiger partial charge in [0, 0.05) is 10.0 Å². The zero-order chi connectivity index (χ0) is 10.0. The summed E-state index contributed by atoms with van der Waals surface area (Å²) in [5.41, 5.74) is 5.69. The first-order valence-electron chi connectivity index (χ1n) is 3.60. The highest BCUT2D eigenvalue weighted by Crippen LogP contribution is 2.29. The Morgan fingerprint density at radius 1 is 1.31 bits per heavy atom. The van der Waals surface area contributed by atoms with Crippen molar-refractivity contribution in [2.45, 2.75) is 6.42 Å². The fourth-order valence-electron chi connectivity index (χ4n) is 0.977. The summed E-state index contributed by atoms with van der Waals surface area (Å²) in [6.07, 6.45) is 0.380. The minimum absolute atomic E-state index is 0.140. The van der Waals surface area contributed by atoms with Crippen LogP contribution in [0.2, 0.25) is 0 Å². The Morgan fingerprint density at radius 3 is 2.46 bits per heavy atom. The maximum absolute atomic E-state index is 13.3. The molecule has 0 fully saturated rings. The van der Waals surface area contributed by atoms with Crippen LogP contribution in [0, 0.1) is 11.6 Å². The molecule has 0 heterocycles. The number of nitrogens with two attached hydrogens (primary N) is 1. The van der Waals surface area contributed by atoms with Crippen molar-refractivity contribution >= 4 is 31.9 Å². The molecular formula is C8H7Br2F2N. The van der Waals surface area contributed by atoms with E-state index in [9.17, 15) is 8.78 Å². The molecule has 1 nitrogen and oxygen atoms in total. The molecule has 0 aliphatic carbocycles. The lowest BCUT2D eigenvalue weighted by Gasteiger charge is -2.06. The minimum atomic E-state index is -0.620. The van der Waals surface area contributed by atoms with Crippen molar-refractivity contribution in [1.29, 1.82) is 0 Å². The summed E-state index contributed by atoms with van der Waals surface area (Å²) in [6, 6.07) is 1.22. The molecule has 1 aromatic rings. The Labute approximate surface area is 91.6 Å². The monoisotopic (exact) mass is 313 g/mol. The number of rotatable bonds is 2. The van der Waals surface area contributed by atoms with E-state index in [-0.39, 0.29) is 4.47 Å². The van der Waals surface area contributed by atoms with Crippen molar-refractivity contribution in [2.24, 2.45) is 5.73 Å². The highest BCUT2D eigenvalue weighted by atomic mass is 79.9. The largest absolute Gasteiger partial charge is 0.330 e. The molecule has 0 aromatic heterocycles. The summed E-state index contributed by atoms with van der Waals surface area (Å²) in [7, 11) is 0. The Morgan fingerprint density at radius 2 is 1.92 bits per heavy atom. The van der Waals surface area contributed by atoms with E-state index < -0.39 is 11.6 Å². The van der Waals surface area contributed by atoms with Gasteiger partial charge in [-0.1, -0.05) is 15.9 Å². The topological polar surface area (TPSA) is 26.0 Å². The Balaban J connectivity index is 3.26. The van der Waals surface area contributed by atoms with Crippen LogP contribution >= 0.6 is 31.9 Å². The van der Waals surface area contributed by atoms with Crippen LogP contribution in [0.15, 0.2) is 15.0 Å². The zero-order valence-corrected chi connectivity index (χ0v) is 9.75. The average molecular weight is 315 g/mol. The van der Waals surface area contributed by atoms with Crippen LogP contribution in [-0.4, -0.2) is 6.54 Å². The van der Waals surface area contributed by atoms with Gasteiger partial charge in [-0.25, -0.2) is 8.78 Å². The Hall–Kier alpha value is -0.000000000000000111. The van der Waals surface area contributed by atoms with Gasteiger partial charge in [-0.2, -0.15) is 0 Å². The lowest BCUT2D eigenvalue weighted by Crippen LogP contribution is -2.06. The molecular weight excluding hydrogens is 308 g/mol. The standard InChI is InChI=1S/C8H7Br2F2N/c9-5-3-6(11)7(10)8(12)4(5)1-2-13/h3H,1-2,13H2. The normalized spacial score (nSPS) is 10.5. The number of hydrogen-bond donors (Lipinski definition) is 1. The van der Waals surface area contributed by atoms with Gasteiger partial charge in [-0.3, -0.25) is 0 Å². The quantitative estimate of drug-likeness (QED) is 0.659. The maximum Gasteiger partial charge on any atom is 0.144 e. The maximum atomic E-state index is 13.3. The molecule has 0 bridgehead atoms. The van der Waals surface area contributed by atoms with E-state index in [1.807, 2.05) is 0 Å². The lowest BCUT2D eigenvalue weighted by atomic mass is 10.1. The van der Waals surface area contributed by atoms with Gasteiger partial charge in [0.1, 0.15) is 11.6 Å². The van der Waals surface area contributed by atoms with E-state index >= 15 is 0 Å². The van der Waals surface area contributed by atoms with E-state index in [0.717, 1.165) is 0 Å². The highest BCUT2D eigenvalue weighted by molar-refractivity contribution is 9.11. The molecule has 13 heavy (non-hydrogen) atoms. The van der Waals surface area contributed by atoms with Crippen molar-refractivity contribution in [3.63, 3.8) is 0 Å². The van der Waals surface area contributed by atoms with Gasteiger partial charge >= 0.3 is 0 Å². The van der Waals surface area contributed by atoms with Gasteiger partial charge in [0.05, 0.1) is 4.47 Å². The van der Waals surface area contributed by atoms with Gasteiger partial charge in [-0.05, 0) is 35.0 Å². The highest BCUT2D eigenvalue weighted by Gasteiger charge is 2.14. The predicted octanol–water partition coefficient (Wildman–Crippen LogP) is 2.99. The first-order valence-corrected chi connectivity index (χ1v) is 5.18. The smallest absolute Gasteiger partial charge is 0.144 e. The van der Waals surface area contributed by atoms with Gasteiger partial charge < -0.3 is 5.73 Å². The van der Waals surface area contributed by atoms with Crippen LogP contribution < -0.4 is 5.73 Å². The van der Waals surface area contributed by atoms with Crippen molar-refractivity contribution < 1.29 is 8.78 Å². The molecule has 0 aliphatic rings. The van der Waals surface area contributed by atoms with Crippen LogP contribution in [-0.2, 0) is 6.42 Å². The first kappa shape index (κ1) is 11.1. The summed E-state index contributed by atoms with van der Waals surface area (Å²) in [5, 5.41) is 0. The molecule has 0 atom stereocenters. The molecule has 0 amide bonds. The second-order valence-corrected chi connectivity index (χ2v) is 4.13. The van der Waals surface area contributed by atoms with Crippen molar-refractivity contribution in [2.75, 3.05) is 6.54 Å². The van der Waals surface area contributed by atoms with E-state index in [1.54, 1.807) is 0 Å². The third-order valence-electron chi connectivity index (χ3n) is 1.60. The minimum Gasteiger partial charge on any atom is -0.330 e. The molecule has 0 radical (unpaired) electrons. The van der Waals surface area contributed by atoms with Crippen LogP contribution in [0.5, 0.6) is 0 Å². The molecule has 0 spiro atoms. The van der Waals surface area contributed by atoms with Gasteiger partial charge in [-0.15, -0.1) is 0 Å². The van der Waals surface area contributed by atoms with E-state index in [1.165, 1.54) is 6.07 Å². The summed E-state index contributed by atoms with van der Waals surface area (Å²) >= 11 is 5.90. The SMILES string of the molecule is NCCc1c(Br)cc(F)c(Br)c1F. The van der Waals surface area contributed by atoms with Crippen LogP contribution in [0.1, 0.15) is 5.56 Å². The van der Waals surface area contributed by atoms with Crippen LogP contribution in [0.3, 0.4) is 0 Å². The van der Waals surface area contributed by atoms with E-state index in [2.05, 4.69) is 31.9 Å². The van der Waals surface area contributed by atoms with Gasteiger partial charge in [0.25, 0.3) is 0 Å². The third kappa shape index (κ3) is 2.27. The summed E-state index contributed by atoms with van der Waals surface area (Å²) < 4.78 is 26.5. The van der Waals surface area contributed by atoms with Crippen LogP contribution in [0.25, 0.3) is 0 Å². The average Bonchev–Trinajstić information content (AvgIpc) is 2.09. The number of hydrogen-bond acceptors (Lipinski definition) is 1. The summed E-state index contributed by atoms with van der Waals surface area (Å²) in [4.78, 5) is 0. The molecule has 0 saturated heterocycles. The fraction of sp³-hybridized carbons (Fsp3) is 0.250. The predicted molar refractivity (Wildman–Crippen MR) is 54.5 cm³/mol. The second-order valence-electron chi connectivity index (χ2n) is 2.49.